The number of carbonyl (C=O) groups is 1. The average Bonchev–Trinajstić information content (AvgIpc) is 2.41. The highest BCUT2D eigenvalue weighted by atomic mass is 16.6. The molecule has 0 heterocycles. The Hall–Kier alpha value is -1.39. The van der Waals surface area contributed by atoms with Crippen LogP contribution >= 0.6 is 0 Å². The Morgan fingerprint density at radius 3 is 2.45 bits per heavy atom. The van der Waals surface area contributed by atoms with Crippen molar-refractivity contribution in [3.05, 3.63) is 35.4 Å². The molecular formula is C16H24O4. The first kappa shape index (κ1) is 16.7. The summed E-state index contributed by atoms with van der Waals surface area (Å²) in [4.78, 5) is 11.9. The molecule has 1 aromatic carbocycles. The summed E-state index contributed by atoms with van der Waals surface area (Å²) in [6.45, 7) is 8.02. The van der Waals surface area contributed by atoms with Crippen LogP contribution in [-0.2, 0) is 19.6 Å². The highest BCUT2D eigenvalue weighted by Gasteiger charge is 2.16. The normalized spacial score (nSPS) is 11.4. The van der Waals surface area contributed by atoms with E-state index in [4.69, 9.17) is 14.2 Å². The SMILES string of the molecule is COCCOCCOC(=O)c1cccc(C(C)(C)C)c1. The van der Waals surface area contributed by atoms with Gasteiger partial charge in [-0.15, -0.1) is 0 Å². The third kappa shape index (κ3) is 5.72. The highest BCUT2D eigenvalue weighted by Crippen LogP contribution is 2.22. The van der Waals surface area contributed by atoms with Crippen LogP contribution in [0.15, 0.2) is 24.3 Å². The Morgan fingerprint density at radius 2 is 1.80 bits per heavy atom. The van der Waals surface area contributed by atoms with Crippen molar-refractivity contribution in [1.82, 2.24) is 0 Å². The Labute approximate surface area is 121 Å². The zero-order valence-electron chi connectivity index (χ0n) is 12.8. The van der Waals surface area contributed by atoms with Crippen LogP contribution in [-0.4, -0.2) is 39.5 Å². The van der Waals surface area contributed by atoms with Gasteiger partial charge in [-0.2, -0.15) is 0 Å². The van der Waals surface area contributed by atoms with Gasteiger partial charge in [0.2, 0.25) is 0 Å². The van der Waals surface area contributed by atoms with Crippen molar-refractivity contribution in [1.29, 1.82) is 0 Å². The lowest BCUT2D eigenvalue weighted by molar-refractivity contribution is 0.0213. The molecule has 0 aliphatic carbocycles. The second-order valence-electron chi connectivity index (χ2n) is 5.57. The average molecular weight is 280 g/mol. The van der Waals surface area contributed by atoms with Gasteiger partial charge in [-0.05, 0) is 23.1 Å². The van der Waals surface area contributed by atoms with Gasteiger partial charge in [0.15, 0.2) is 0 Å². The van der Waals surface area contributed by atoms with Gasteiger partial charge in [-0.25, -0.2) is 4.79 Å². The van der Waals surface area contributed by atoms with Gasteiger partial charge in [-0.3, -0.25) is 0 Å². The van der Waals surface area contributed by atoms with Crippen LogP contribution in [0.4, 0.5) is 0 Å². The highest BCUT2D eigenvalue weighted by molar-refractivity contribution is 5.89. The van der Waals surface area contributed by atoms with Gasteiger partial charge in [-0.1, -0.05) is 32.9 Å². The minimum atomic E-state index is -0.313. The molecule has 4 nitrogen and oxygen atoms in total. The zero-order valence-corrected chi connectivity index (χ0v) is 12.8. The predicted octanol–water partition coefficient (Wildman–Crippen LogP) is 2.80. The smallest absolute Gasteiger partial charge is 0.338 e. The van der Waals surface area contributed by atoms with E-state index in [2.05, 4.69) is 20.8 Å². The second kappa shape index (κ2) is 8.02. The van der Waals surface area contributed by atoms with E-state index < -0.39 is 0 Å². The van der Waals surface area contributed by atoms with Crippen molar-refractivity contribution in [2.75, 3.05) is 33.5 Å². The van der Waals surface area contributed by atoms with E-state index in [1.165, 1.54) is 0 Å². The van der Waals surface area contributed by atoms with Crippen LogP contribution in [0.5, 0.6) is 0 Å². The van der Waals surface area contributed by atoms with Crippen molar-refractivity contribution in [2.45, 2.75) is 26.2 Å². The number of rotatable bonds is 7. The molecule has 0 spiro atoms. The van der Waals surface area contributed by atoms with Crippen LogP contribution < -0.4 is 0 Å². The Kier molecular flexibility index (Phi) is 6.68. The predicted molar refractivity (Wildman–Crippen MR) is 78.1 cm³/mol. The Bertz CT molecular complexity index is 421. The molecule has 4 heteroatoms. The molecule has 0 unspecified atom stereocenters. The molecule has 0 fully saturated rings. The lowest BCUT2D eigenvalue weighted by Crippen LogP contribution is -2.15. The summed E-state index contributed by atoms with van der Waals surface area (Å²) in [5.74, 6) is -0.313. The monoisotopic (exact) mass is 280 g/mol. The third-order valence-corrected chi connectivity index (χ3v) is 2.86. The molecule has 1 aromatic rings. The fourth-order valence-corrected chi connectivity index (χ4v) is 1.63. The lowest BCUT2D eigenvalue weighted by atomic mass is 9.86. The number of hydrogen-bond donors (Lipinski definition) is 0. The molecule has 0 saturated carbocycles. The molecule has 0 aliphatic heterocycles. The topological polar surface area (TPSA) is 44.8 Å². The van der Waals surface area contributed by atoms with Crippen molar-refractivity contribution in [3.8, 4) is 0 Å². The quantitative estimate of drug-likeness (QED) is 0.569. The molecule has 0 radical (unpaired) electrons. The van der Waals surface area contributed by atoms with Crippen molar-refractivity contribution >= 4 is 5.97 Å². The summed E-state index contributed by atoms with van der Waals surface area (Å²) in [5.41, 5.74) is 1.71. The first-order valence-corrected chi connectivity index (χ1v) is 6.79. The van der Waals surface area contributed by atoms with E-state index in [1.54, 1.807) is 13.2 Å². The van der Waals surface area contributed by atoms with Crippen LogP contribution in [0.1, 0.15) is 36.7 Å². The van der Waals surface area contributed by atoms with E-state index in [0.29, 0.717) is 25.4 Å². The molecule has 20 heavy (non-hydrogen) atoms. The fourth-order valence-electron chi connectivity index (χ4n) is 1.63. The molecule has 0 aliphatic rings. The van der Waals surface area contributed by atoms with E-state index >= 15 is 0 Å². The number of carbonyl (C=O) groups excluding carboxylic acids is 1. The molecule has 0 aromatic heterocycles. The number of benzene rings is 1. The van der Waals surface area contributed by atoms with Crippen LogP contribution in [0.25, 0.3) is 0 Å². The molecule has 0 bridgehead atoms. The Morgan fingerprint density at radius 1 is 1.10 bits per heavy atom. The second-order valence-corrected chi connectivity index (χ2v) is 5.57. The fraction of sp³-hybridized carbons (Fsp3) is 0.562. The summed E-state index contributed by atoms with van der Waals surface area (Å²) >= 11 is 0. The minimum Gasteiger partial charge on any atom is -0.460 e. The number of hydrogen-bond acceptors (Lipinski definition) is 4. The van der Waals surface area contributed by atoms with Gasteiger partial charge in [0, 0.05) is 7.11 Å². The van der Waals surface area contributed by atoms with Gasteiger partial charge in [0.05, 0.1) is 25.4 Å². The maximum Gasteiger partial charge on any atom is 0.338 e. The summed E-state index contributed by atoms with van der Waals surface area (Å²) < 4.78 is 15.3. The molecule has 112 valence electrons. The third-order valence-electron chi connectivity index (χ3n) is 2.86. The number of methoxy groups -OCH3 is 1. The standard InChI is InChI=1S/C16H24O4/c1-16(2,3)14-7-5-6-13(12-14)15(17)20-11-10-19-9-8-18-4/h5-7,12H,8-11H2,1-4H3. The molecule has 0 N–H and O–H groups in total. The van der Waals surface area contributed by atoms with Gasteiger partial charge >= 0.3 is 5.97 Å². The maximum atomic E-state index is 11.9. The van der Waals surface area contributed by atoms with Gasteiger partial charge in [0.25, 0.3) is 0 Å². The van der Waals surface area contributed by atoms with Crippen molar-refractivity contribution in [2.24, 2.45) is 0 Å². The molecule has 1 rings (SSSR count). The maximum absolute atomic E-state index is 11.9. The largest absolute Gasteiger partial charge is 0.460 e. The molecular weight excluding hydrogens is 256 g/mol. The Balaban J connectivity index is 2.44. The van der Waals surface area contributed by atoms with Crippen LogP contribution in [0, 0.1) is 0 Å². The summed E-state index contributed by atoms with van der Waals surface area (Å²) in [6, 6.07) is 7.55. The number of ether oxygens (including phenoxy) is 3. The van der Waals surface area contributed by atoms with Crippen LogP contribution in [0.3, 0.4) is 0 Å². The summed E-state index contributed by atoms with van der Waals surface area (Å²) in [5, 5.41) is 0. The van der Waals surface area contributed by atoms with E-state index in [1.807, 2.05) is 18.2 Å². The zero-order chi connectivity index (χ0) is 15.0. The van der Waals surface area contributed by atoms with E-state index in [-0.39, 0.29) is 18.0 Å². The van der Waals surface area contributed by atoms with Crippen molar-refractivity contribution < 1.29 is 19.0 Å². The van der Waals surface area contributed by atoms with Crippen molar-refractivity contribution in [3.63, 3.8) is 0 Å². The van der Waals surface area contributed by atoms with Gasteiger partial charge in [0.1, 0.15) is 6.61 Å². The van der Waals surface area contributed by atoms with E-state index in [0.717, 1.165) is 5.56 Å². The molecule has 0 amide bonds. The lowest BCUT2D eigenvalue weighted by Gasteiger charge is -2.19. The first-order valence-electron chi connectivity index (χ1n) is 6.79. The first-order chi connectivity index (χ1) is 9.45. The van der Waals surface area contributed by atoms with E-state index in [9.17, 15) is 4.79 Å². The summed E-state index contributed by atoms with van der Waals surface area (Å²) in [6.07, 6.45) is 0. The molecule has 0 atom stereocenters. The van der Waals surface area contributed by atoms with Gasteiger partial charge < -0.3 is 14.2 Å². The minimum absolute atomic E-state index is 0.0134. The van der Waals surface area contributed by atoms with Crippen LogP contribution in [0.2, 0.25) is 0 Å². The molecule has 0 saturated heterocycles. The number of esters is 1. The summed E-state index contributed by atoms with van der Waals surface area (Å²) in [7, 11) is 1.62.